The molecule has 1 aromatic carbocycles. The van der Waals surface area contributed by atoms with E-state index in [4.69, 9.17) is 20.4 Å². The lowest BCUT2D eigenvalue weighted by atomic mass is 10.3. The van der Waals surface area contributed by atoms with E-state index in [9.17, 15) is 0 Å². The predicted molar refractivity (Wildman–Crippen MR) is 72.3 cm³/mol. The van der Waals surface area contributed by atoms with E-state index in [0.717, 1.165) is 5.52 Å². The molecule has 2 aromatic heterocycles. The van der Waals surface area contributed by atoms with Crippen molar-refractivity contribution in [3.8, 4) is 0 Å². The quantitative estimate of drug-likeness (QED) is 0.680. The summed E-state index contributed by atoms with van der Waals surface area (Å²) in [6.45, 7) is 3.72. The van der Waals surface area contributed by atoms with Gasteiger partial charge in [0.05, 0.1) is 5.25 Å². The van der Waals surface area contributed by atoms with Crippen LogP contribution in [0.3, 0.4) is 0 Å². The Balaban J connectivity index is 1.85. The number of hydrogen-bond acceptors (Lipinski definition) is 6. The summed E-state index contributed by atoms with van der Waals surface area (Å²) < 4.78 is 11.0. The van der Waals surface area contributed by atoms with Crippen molar-refractivity contribution in [3.63, 3.8) is 0 Å². The molecule has 0 amide bonds. The Morgan fingerprint density at radius 2 is 2.11 bits per heavy atom. The maximum absolute atomic E-state index is 5.90. The normalized spacial score (nSPS) is 13.0. The molecule has 98 valence electrons. The highest BCUT2D eigenvalue weighted by Crippen LogP contribution is 2.35. The van der Waals surface area contributed by atoms with Crippen LogP contribution < -0.4 is 0 Å². The molecule has 5 nitrogen and oxygen atoms in total. The molecule has 0 aliphatic rings. The number of hydrogen-bond donors (Lipinski definition) is 0. The number of fused-ring (bicyclic) bond motifs is 1. The lowest BCUT2D eigenvalue weighted by molar-refractivity contribution is 0.463. The van der Waals surface area contributed by atoms with Gasteiger partial charge in [0.15, 0.2) is 5.58 Å². The summed E-state index contributed by atoms with van der Waals surface area (Å²) in [6, 6.07) is 5.36. The van der Waals surface area contributed by atoms with E-state index in [0.29, 0.717) is 27.6 Å². The SMILES string of the molecule is Cc1nnc([C@H](C)Sc2nc3ccc(Cl)cc3o2)o1. The Labute approximate surface area is 118 Å². The van der Waals surface area contributed by atoms with Gasteiger partial charge in [-0.05, 0) is 19.1 Å². The van der Waals surface area contributed by atoms with Crippen LogP contribution in [0.5, 0.6) is 0 Å². The zero-order chi connectivity index (χ0) is 13.4. The van der Waals surface area contributed by atoms with Crippen LogP contribution in [-0.2, 0) is 0 Å². The number of aryl methyl sites for hydroxylation is 1. The molecule has 0 spiro atoms. The predicted octanol–water partition coefficient (Wildman–Crippen LogP) is 4.03. The van der Waals surface area contributed by atoms with E-state index in [2.05, 4.69) is 15.2 Å². The Bertz CT molecular complexity index is 725. The standard InChI is InChI=1S/C12H10ClN3O2S/c1-6(11-16-15-7(2)17-11)19-12-14-9-4-3-8(13)5-10(9)18-12/h3-6H,1-2H3/t6-/m0/s1. The molecule has 1 atom stereocenters. The molecule has 2 heterocycles. The van der Waals surface area contributed by atoms with Gasteiger partial charge in [-0.15, -0.1) is 10.2 Å². The first-order valence-electron chi connectivity index (χ1n) is 5.64. The third kappa shape index (κ3) is 2.59. The first kappa shape index (κ1) is 12.5. The number of halogens is 1. The van der Waals surface area contributed by atoms with Crippen LogP contribution in [0.4, 0.5) is 0 Å². The van der Waals surface area contributed by atoms with Crippen LogP contribution in [0.2, 0.25) is 5.02 Å². The molecule has 3 rings (SSSR count). The zero-order valence-electron chi connectivity index (χ0n) is 10.3. The van der Waals surface area contributed by atoms with E-state index in [-0.39, 0.29) is 5.25 Å². The molecule has 0 bridgehead atoms. The average molecular weight is 296 g/mol. The van der Waals surface area contributed by atoms with Gasteiger partial charge in [-0.2, -0.15) is 0 Å². The number of thioether (sulfide) groups is 1. The second-order valence-electron chi connectivity index (χ2n) is 4.01. The summed E-state index contributed by atoms with van der Waals surface area (Å²) in [6.07, 6.45) is 0. The van der Waals surface area contributed by atoms with Crippen LogP contribution in [0, 0.1) is 6.92 Å². The summed E-state index contributed by atoms with van der Waals surface area (Å²) in [5.74, 6) is 1.11. The van der Waals surface area contributed by atoms with Crippen molar-refractivity contribution in [1.82, 2.24) is 15.2 Å². The molecule has 19 heavy (non-hydrogen) atoms. The second-order valence-corrected chi connectivity index (χ2v) is 5.74. The largest absolute Gasteiger partial charge is 0.431 e. The van der Waals surface area contributed by atoms with Crippen LogP contribution in [0.15, 0.2) is 32.3 Å². The highest BCUT2D eigenvalue weighted by Gasteiger charge is 2.17. The molecule has 7 heteroatoms. The fourth-order valence-corrected chi connectivity index (χ4v) is 2.56. The van der Waals surface area contributed by atoms with Gasteiger partial charge in [-0.1, -0.05) is 23.4 Å². The Kier molecular flexibility index (Phi) is 3.20. The minimum absolute atomic E-state index is 0.0234. The number of aromatic nitrogens is 3. The van der Waals surface area contributed by atoms with Gasteiger partial charge in [0.2, 0.25) is 11.8 Å². The topological polar surface area (TPSA) is 65.0 Å². The lowest BCUT2D eigenvalue weighted by Gasteiger charge is -2.01. The Morgan fingerprint density at radius 3 is 2.84 bits per heavy atom. The fraction of sp³-hybridized carbons (Fsp3) is 0.250. The van der Waals surface area contributed by atoms with Gasteiger partial charge in [0.1, 0.15) is 5.52 Å². The third-order valence-electron chi connectivity index (χ3n) is 2.50. The van der Waals surface area contributed by atoms with Crippen LogP contribution in [0.1, 0.15) is 24.0 Å². The number of benzene rings is 1. The summed E-state index contributed by atoms with van der Waals surface area (Å²) >= 11 is 7.33. The van der Waals surface area contributed by atoms with E-state index in [1.165, 1.54) is 11.8 Å². The number of rotatable bonds is 3. The van der Waals surface area contributed by atoms with Crippen LogP contribution in [0.25, 0.3) is 11.1 Å². The minimum Gasteiger partial charge on any atom is -0.431 e. The zero-order valence-corrected chi connectivity index (χ0v) is 11.8. The van der Waals surface area contributed by atoms with Gasteiger partial charge in [0, 0.05) is 18.0 Å². The van der Waals surface area contributed by atoms with Crippen molar-refractivity contribution in [2.24, 2.45) is 0 Å². The molecule has 0 saturated heterocycles. The van der Waals surface area contributed by atoms with E-state index in [1.807, 2.05) is 13.0 Å². The highest BCUT2D eigenvalue weighted by atomic mass is 35.5. The summed E-state index contributed by atoms with van der Waals surface area (Å²) in [5.41, 5.74) is 1.45. The first-order chi connectivity index (χ1) is 9.11. The molecule has 0 aliphatic heterocycles. The summed E-state index contributed by atoms with van der Waals surface area (Å²) in [4.78, 5) is 4.37. The number of nitrogens with zero attached hydrogens (tertiary/aromatic N) is 3. The molecular weight excluding hydrogens is 286 g/mol. The summed E-state index contributed by atoms with van der Waals surface area (Å²) in [5, 5.41) is 8.95. The monoisotopic (exact) mass is 295 g/mol. The van der Waals surface area contributed by atoms with Crippen molar-refractivity contribution in [1.29, 1.82) is 0 Å². The number of oxazole rings is 1. The molecule has 0 saturated carbocycles. The Morgan fingerprint density at radius 1 is 1.26 bits per heavy atom. The second kappa shape index (κ2) is 4.86. The minimum atomic E-state index is -0.0234. The highest BCUT2D eigenvalue weighted by molar-refractivity contribution is 7.99. The van der Waals surface area contributed by atoms with Crippen molar-refractivity contribution >= 4 is 34.5 Å². The van der Waals surface area contributed by atoms with Gasteiger partial charge in [-0.3, -0.25) is 0 Å². The maximum atomic E-state index is 5.90. The summed E-state index contributed by atoms with van der Waals surface area (Å²) in [7, 11) is 0. The molecule has 0 radical (unpaired) electrons. The molecule has 0 fully saturated rings. The maximum Gasteiger partial charge on any atom is 0.257 e. The molecule has 0 unspecified atom stereocenters. The smallest absolute Gasteiger partial charge is 0.257 e. The molecule has 0 N–H and O–H groups in total. The van der Waals surface area contributed by atoms with Gasteiger partial charge >= 0.3 is 0 Å². The van der Waals surface area contributed by atoms with Gasteiger partial charge in [-0.25, -0.2) is 4.98 Å². The van der Waals surface area contributed by atoms with Crippen molar-refractivity contribution in [2.75, 3.05) is 0 Å². The van der Waals surface area contributed by atoms with Gasteiger partial charge < -0.3 is 8.83 Å². The molecular formula is C12H10ClN3O2S. The Hall–Kier alpha value is -1.53. The lowest BCUT2D eigenvalue weighted by Crippen LogP contribution is -1.88. The van der Waals surface area contributed by atoms with Crippen LogP contribution in [-0.4, -0.2) is 15.2 Å². The third-order valence-corrected chi connectivity index (χ3v) is 3.66. The first-order valence-corrected chi connectivity index (χ1v) is 6.90. The van der Waals surface area contributed by atoms with Crippen LogP contribution >= 0.6 is 23.4 Å². The van der Waals surface area contributed by atoms with Crippen molar-refractivity contribution < 1.29 is 8.83 Å². The molecule has 3 aromatic rings. The van der Waals surface area contributed by atoms with Gasteiger partial charge in [0.25, 0.3) is 5.22 Å². The molecule has 0 aliphatic carbocycles. The van der Waals surface area contributed by atoms with Crippen molar-refractivity contribution in [2.45, 2.75) is 24.3 Å². The van der Waals surface area contributed by atoms with E-state index < -0.39 is 0 Å². The van der Waals surface area contributed by atoms with E-state index >= 15 is 0 Å². The van der Waals surface area contributed by atoms with Crippen molar-refractivity contribution in [3.05, 3.63) is 35.0 Å². The fourth-order valence-electron chi connectivity index (χ4n) is 1.61. The van der Waals surface area contributed by atoms with E-state index in [1.54, 1.807) is 19.1 Å². The average Bonchev–Trinajstić information content (AvgIpc) is 2.94.